The fourth-order valence-corrected chi connectivity index (χ4v) is 24.0. The minimum atomic E-state index is 0.639. The lowest BCUT2D eigenvalue weighted by Crippen LogP contribution is -2.03. The third-order valence-electron chi connectivity index (χ3n) is 28.7. The van der Waals surface area contributed by atoms with Crippen molar-refractivity contribution in [3.8, 4) is 95.9 Å². The lowest BCUT2D eigenvalue weighted by molar-refractivity contribution is 0.669. The molecule has 0 aliphatic rings. The fraction of sp³-hybridized carbons (Fsp3) is 0. The molecule has 0 atom stereocenters. The number of nitrogens with zero attached hydrogens (tertiary/aromatic N) is 7. The van der Waals surface area contributed by atoms with Gasteiger partial charge in [-0.25, -0.2) is 29.9 Å². The van der Waals surface area contributed by atoms with E-state index in [2.05, 4.69) is 472 Å². The molecule has 0 aliphatic heterocycles. The Bertz CT molecular complexity index is 10700. The summed E-state index contributed by atoms with van der Waals surface area (Å²) < 4.78 is 20.3. The molecule has 11 heteroatoms. The summed E-state index contributed by atoms with van der Waals surface area (Å²) >= 11 is 3.68. The highest BCUT2D eigenvalue weighted by molar-refractivity contribution is 7.26. The second-order valence-corrected chi connectivity index (χ2v) is 39.1. The maximum atomic E-state index is 6.49. The summed E-state index contributed by atoms with van der Waals surface area (Å²) in [4.78, 5) is 32.3. The Kier molecular flexibility index (Phi) is 18.9. The van der Waals surface area contributed by atoms with Crippen LogP contribution in [0.25, 0.3) is 299 Å². The number of benzene rings is 23. The Morgan fingerprint density at radius 2 is 0.566 bits per heavy atom. The molecule has 23 aromatic carbocycles. The number of hydrogen-bond donors (Lipinski definition) is 0. The minimum Gasteiger partial charge on any atom is -0.456 e. The number of aromatic nitrogens is 7. The maximum absolute atomic E-state index is 6.49. The van der Waals surface area contributed by atoms with Gasteiger partial charge in [0.1, 0.15) is 22.3 Å². The van der Waals surface area contributed by atoms with E-state index in [4.69, 9.17) is 38.7 Å². The van der Waals surface area contributed by atoms with Crippen LogP contribution < -0.4 is 0 Å². The monoisotopic (exact) mass is 1860 g/mol. The molecule has 0 spiro atoms. The van der Waals surface area contributed by atoms with Gasteiger partial charge in [-0.15, -0.1) is 22.7 Å². The molecular weight excluding hydrogens is 1780 g/mol. The van der Waals surface area contributed by atoms with E-state index in [1.165, 1.54) is 116 Å². The van der Waals surface area contributed by atoms with Crippen LogP contribution in [0.4, 0.5) is 0 Å². The number of thiophene rings is 2. The first-order valence-corrected chi connectivity index (χ1v) is 49.9. The van der Waals surface area contributed by atoms with Gasteiger partial charge in [-0.05, 0) is 219 Å². The van der Waals surface area contributed by atoms with E-state index in [1.807, 2.05) is 22.7 Å². The van der Waals surface area contributed by atoms with Crippen LogP contribution in [0, 0.1) is 0 Å². The Balaban J connectivity index is 0.000000102. The van der Waals surface area contributed by atoms with Gasteiger partial charge < -0.3 is 8.83 Å². The quantitative estimate of drug-likeness (QED) is 0.141. The third-order valence-corrected chi connectivity index (χ3v) is 30.9. The van der Waals surface area contributed by atoms with Gasteiger partial charge in [-0.1, -0.05) is 346 Å². The van der Waals surface area contributed by atoms with Crippen LogP contribution in [-0.4, -0.2) is 34.5 Å². The molecule has 9 nitrogen and oxygen atoms in total. The van der Waals surface area contributed by atoms with Crippen LogP contribution in [0.5, 0.6) is 0 Å². The SMILES string of the molecule is c1ccc(-c2cccc(-c3cccc(-c4nc(-c5cccc6ccccc56)c5ccc6sc7cc8ccccc8cc7c6c5n4)c3)c2)cc1.c1ccc2cc(-c3nc(-c4ccc(-c5ccc6sc7ccccc7c6c5)cc4)nc4c3ccc3oc5cc6ccccc6cc5c34)ccc2c1.c1ccc2cc3c(cc2c1)oc1ccc2c(-c4cccc5ccccc45)nc(-n4c5ccccc5c5ccccc54)nc2c13. The summed E-state index contributed by atoms with van der Waals surface area (Å²) in [5.41, 5.74) is 23.3. The molecule has 31 aromatic rings. The molecule has 0 bridgehead atoms. The maximum Gasteiger partial charge on any atom is 0.235 e. The summed E-state index contributed by atoms with van der Waals surface area (Å²) in [5, 5.41) is 28.8. The molecular formula is C132H77N7O2S2. The van der Waals surface area contributed by atoms with Crippen LogP contribution in [0.15, 0.2) is 476 Å². The highest BCUT2D eigenvalue weighted by Crippen LogP contribution is 2.49. The largest absolute Gasteiger partial charge is 0.456 e. The second kappa shape index (κ2) is 33.1. The van der Waals surface area contributed by atoms with Crippen molar-refractivity contribution in [2.45, 2.75) is 0 Å². The van der Waals surface area contributed by atoms with E-state index >= 15 is 0 Å². The normalized spacial score (nSPS) is 11.9. The number of para-hydroxylation sites is 2. The summed E-state index contributed by atoms with van der Waals surface area (Å²) in [5.74, 6) is 2.05. The minimum absolute atomic E-state index is 0.639. The molecule has 0 aliphatic carbocycles. The zero-order valence-corrected chi connectivity index (χ0v) is 78.4. The van der Waals surface area contributed by atoms with Gasteiger partial charge in [0.2, 0.25) is 5.95 Å². The predicted octanol–water partition coefficient (Wildman–Crippen LogP) is 36.8. The lowest BCUT2D eigenvalue weighted by atomic mass is 9.96. The molecule has 0 radical (unpaired) electrons. The highest BCUT2D eigenvalue weighted by Gasteiger charge is 2.27. The van der Waals surface area contributed by atoms with Crippen molar-refractivity contribution in [2.24, 2.45) is 0 Å². The van der Waals surface area contributed by atoms with Crippen LogP contribution in [-0.2, 0) is 0 Å². The van der Waals surface area contributed by atoms with Crippen molar-refractivity contribution in [3.05, 3.63) is 467 Å². The first-order valence-electron chi connectivity index (χ1n) is 48.2. The Morgan fingerprint density at radius 1 is 0.175 bits per heavy atom. The number of hydrogen-bond acceptors (Lipinski definition) is 10. The van der Waals surface area contributed by atoms with Crippen molar-refractivity contribution in [1.29, 1.82) is 0 Å². The summed E-state index contributed by atoms with van der Waals surface area (Å²) in [7, 11) is 0. The molecule has 8 heterocycles. The fourth-order valence-electron chi connectivity index (χ4n) is 21.8. The smallest absolute Gasteiger partial charge is 0.235 e. The molecule has 0 saturated carbocycles. The molecule has 0 N–H and O–H groups in total. The number of furan rings is 2. The van der Waals surface area contributed by atoms with Gasteiger partial charge in [0.25, 0.3) is 0 Å². The van der Waals surface area contributed by atoms with Crippen LogP contribution >= 0.6 is 22.7 Å². The number of fused-ring (bicyclic) bond motifs is 27. The van der Waals surface area contributed by atoms with Gasteiger partial charge in [0.15, 0.2) is 11.6 Å². The molecule has 0 fully saturated rings. The first kappa shape index (κ1) is 81.6. The molecule has 31 rings (SSSR count). The topological polar surface area (TPSA) is 109 Å². The predicted molar refractivity (Wildman–Crippen MR) is 602 cm³/mol. The van der Waals surface area contributed by atoms with E-state index in [9.17, 15) is 0 Å². The van der Waals surface area contributed by atoms with Crippen molar-refractivity contribution < 1.29 is 8.83 Å². The van der Waals surface area contributed by atoms with Gasteiger partial charge in [-0.3, -0.25) is 4.57 Å². The van der Waals surface area contributed by atoms with E-state index in [-0.39, 0.29) is 0 Å². The standard InChI is InChI=1S/C46H26N2OS.C46H28N2S.C40H23N3O/c1-2-8-30-23-34(18-15-27(30)7-1)44-36-20-21-39-43(38-25-31-9-3-4-10-32(31)26-40(38)49-39)45(36)48-46(47-44)29-16-13-28(14-17-29)33-19-22-42-37(24-33)35-11-5-6-12-41(35)50-42;1-2-11-29(12-3-1)31-17-8-18-32(25-31)33-19-9-20-36(26-33)46-47-44(38-22-10-16-30-13-6-7-21-37(30)38)39-23-24-41-43(45(39)48-46)40-27-34-14-4-5-15-35(34)28-42(40)49-41;1-2-12-26-23-36-32(22-25(26)11-1)37-35(44-36)21-20-31-38(30-17-9-13-24-10-3-4-14-27(24)30)41-40(42-39(31)37)43-33-18-7-5-15-28(33)29-16-6-8-19-34(29)43/h1-26H;1-28H;1-23H. The van der Waals surface area contributed by atoms with E-state index in [0.29, 0.717) is 11.8 Å². The average molecular weight is 1860 g/mol. The van der Waals surface area contributed by atoms with Crippen molar-refractivity contribution in [2.75, 3.05) is 0 Å². The van der Waals surface area contributed by atoms with Gasteiger partial charge in [0.05, 0.1) is 55.4 Å². The molecule has 8 aromatic heterocycles. The van der Waals surface area contributed by atoms with Gasteiger partial charge in [-0.2, -0.15) is 0 Å². The second-order valence-electron chi connectivity index (χ2n) is 37.0. The summed E-state index contributed by atoms with van der Waals surface area (Å²) in [6.45, 7) is 0. The Hall–Kier alpha value is -18.5. The molecule has 664 valence electrons. The Morgan fingerprint density at radius 3 is 1.19 bits per heavy atom. The van der Waals surface area contributed by atoms with E-state index in [0.717, 1.165) is 171 Å². The summed E-state index contributed by atoms with van der Waals surface area (Å²) in [6, 6.07) is 166. The highest BCUT2D eigenvalue weighted by atomic mass is 32.1. The van der Waals surface area contributed by atoms with E-state index in [1.54, 1.807) is 0 Å². The molecule has 0 amide bonds. The number of rotatable bonds is 9. The van der Waals surface area contributed by atoms with Crippen molar-refractivity contribution >= 4 is 226 Å². The van der Waals surface area contributed by atoms with Gasteiger partial charge in [0, 0.05) is 106 Å². The first-order chi connectivity index (χ1) is 70.8. The molecule has 143 heavy (non-hydrogen) atoms. The zero-order valence-electron chi connectivity index (χ0n) is 76.7. The van der Waals surface area contributed by atoms with Crippen LogP contribution in [0.2, 0.25) is 0 Å². The van der Waals surface area contributed by atoms with E-state index < -0.39 is 0 Å². The lowest BCUT2D eigenvalue weighted by Gasteiger charge is -2.14. The third kappa shape index (κ3) is 13.8. The summed E-state index contributed by atoms with van der Waals surface area (Å²) in [6.07, 6.45) is 0. The van der Waals surface area contributed by atoms with Gasteiger partial charge >= 0.3 is 0 Å². The average Bonchev–Trinajstić information content (AvgIpc) is 1.56. The van der Waals surface area contributed by atoms with Crippen molar-refractivity contribution in [3.63, 3.8) is 0 Å². The van der Waals surface area contributed by atoms with Crippen LogP contribution in [0.1, 0.15) is 0 Å². The molecule has 0 saturated heterocycles. The van der Waals surface area contributed by atoms with Crippen LogP contribution in [0.3, 0.4) is 0 Å². The zero-order chi connectivity index (χ0) is 93.8. The molecule has 0 unspecified atom stereocenters. The van der Waals surface area contributed by atoms with Crippen molar-refractivity contribution in [1.82, 2.24) is 34.5 Å². The Labute approximate surface area is 826 Å².